The lowest BCUT2D eigenvalue weighted by Crippen LogP contribution is -2.53. The minimum Gasteiger partial charge on any atom is -0.497 e. The minimum absolute atomic E-state index is 0.109. The van der Waals surface area contributed by atoms with Gasteiger partial charge in [-0.1, -0.05) is 6.07 Å². The fourth-order valence-electron chi connectivity index (χ4n) is 2.25. The minimum atomic E-state index is -3.28. The SMILES string of the molecule is CN=C(NCC(C)Oc1cccc(OC)c1)NCC(C)(C)NS(C)(=O)=O. The molecule has 0 heterocycles. The Morgan fingerprint density at radius 3 is 2.50 bits per heavy atom. The van der Waals surface area contributed by atoms with Gasteiger partial charge in [0.1, 0.15) is 17.6 Å². The van der Waals surface area contributed by atoms with E-state index in [1.165, 1.54) is 0 Å². The average molecular weight is 387 g/mol. The molecule has 0 aliphatic rings. The lowest BCUT2D eigenvalue weighted by atomic mass is 10.1. The van der Waals surface area contributed by atoms with Gasteiger partial charge in [-0.25, -0.2) is 13.1 Å². The number of benzene rings is 1. The van der Waals surface area contributed by atoms with Crippen LogP contribution in [0.5, 0.6) is 11.5 Å². The zero-order valence-corrected chi connectivity index (χ0v) is 17.1. The summed E-state index contributed by atoms with van der Waals surface area (Å²) in [6, 6.07) is 7.41. The van der Waals surface area contributed by atoms with E-state index in [0.717, 1.165) is 17.8 Å². The summed E-state index contributed by atoms with van der Waals surface area (Å²) >= 11 is 0. The molecule has 0 saturated heterocycles. The van der Waals surface area contributed by atoms with Gasteiger partial charge in [0, 0.05) is 25.2 Å². The van der Waals surface area contributed by atoms with E-state index >= 15 is 0 Å². The van der Waals surface area contributed by atoms with Gasteiger partial charge < -0.3 is 20.1 Å². The number of hydrogen-bond acceptors (Lipinski definition) is 5. The summed E-state index contributed by atoms with van der Waals surface area (Å²) in [5, 5.41) is 6.27. The number of nitrogens with one attached hydrogen (secondary N) is 3. The number of guanidine groups is 1. The molecule has 0 aliphatic carbocycles. The molecule has 0 amide bonds. The van der Waals surface area contributed by atoms with Crippen LogP contribution < -0.4 is 24.8 Å². The van der Waals surface area contributed by atoms with Crippen LogP contribution in [0.2, 0.25) is 0 Å². The predicted molar refractivity (Wildman–Crippen MR) is 105 cm³/mol. The first-order chi connectivity index (χ1) is 12.0. The van der Waals surface area contributed by atoms with Gasteiger partial charge in [0.2, 0.25) is 10.0 Å². The standard InChI is InChI=1S/C17H30N4O4S/c1-13(25-15-9-7-8-14(10-15)24-5)11-19-16(18-4)20-12-17(2,3)21-26(6,22)23/h7-10,13,21H,11-12H2,1-6H3,(H2,18,19,20). The second-order valence-electron chi connectivity index (χ2n) is 6.67. The first-order valence-corrected chi connectivity index (χ1v) is 10.2. The molecule has 0 aliphatic heterocycles. The zero-order chi connectivity index (χ0) is 19.8. The van der Waals surface area contributed by atoms with E-state index in [1.807, 2.05) is 31.2 Å². The Labute approximate surface area is 156 Å². The molecule has 0 spiro atoms. The van der Waals surface area contributed by atoms with Crippen LogP contribution >= 0.6 is 0 Å². The highest BCUT2D eigenvalue weighted by Gasteiger charge is 2.22. The molecule has 0 bridgehead atoms. The molecule has 148 valence electrons. The lowest BCUT2D eigenvalue weighted by Gasteiger charge is -2.26. The van der Waals surface area contributed by atoms with E-state index in [1.54, 1.807) is 28.0 Å². The molecule has 1 aromatic rings. The van der Waals surface area contributed by atoms with Crippen LogP contribution in [0.25, 0.3) is 0 Å². The lowest BCUT2D eigenvalue weighted by molar-refractivity contribution is 0.223. The molecule has 0 saturated carbocycles. The number of aliphatic imine (C=N–C) groups is 1. The molecule has 3 N–H and O–H groups in total. The molecular weight excluding hydrogens is 356 g/mol. The topological polar surface area (TPSA) is 101 Å². The van der Waals surface area contributed by atoms with E-state index in [2.05, 4.69) is 20.3 Å². The van der Waals surface area contributed by atoms with Crippen molar-refractivity contribution in [3.63, 3.8) is 0 Å². The summed E-state index contributed by atoms with van der Waals surface area (Å²) < 4.78 is 36.4. The third-order valence-electron chi connectivity index (χ3n) is 3.32. The van der Waals surface area contributed by atoms with E-state index in [-0.39, 0.29) is 6.10 Å². The molecular formula is C17H30N4O4S. The Kier molecular flexibility index (Phi) is 8.16. The van der Waals surface area contributed by atoms with Crippen LogP contribution in [-0.4, -0.2) is 59.5 Å². The summed E-state index contributed by atoms with van der Waals surface area (Å²) in [7, 11) is -0.0194. The van der Waals surface area contributed by atoms with Crippen molar-refractivity contribution < 1.29 is 17.9 Å². The highest BCUT2D eigenvalue weighted by molar-refractivity contribution is 7.88. The van der Waals surface area contributed by atoms with Crippen molar-refractivity contribution in [2.45, 2.75) is 32.4 Å². The van der Waals surface area contributed by atoms with Crippen molar-refractivity contribution in [2.24, 2.45) is 4.99 Å². The highest BCUT2D eigenvalue weighted by atomic mass is 32.2. The Hall–Kier alpha value is -2.00. The van der Waals surface area contributed by atoms with E-state index in [4.69, 9.17) is 9.47 Å². The fraction of sp³-hybridized carbons (Fsp3) is 0.588. The summed E-state index contributed by atoms with van der Waals surface area (Å²) in [6.45, 7) is 6.43. The zero-order valence-electron chi connectivity index (χ0n) is 16.3. The first-order valence-electron chi connectivity index (χ1n) is 8.29. The third kappa shape index (κ3) is 8.91. The van der Waals surface area contributed by atoms with Gasteiger partial charge in [-0.05, 0) is 32.9 Å². The van der Waals surface area contributed by atoms with Crippen molar-refractivity contribution in [1.29, 1.82) is 0 Å². The number of rotatable bonds is 9. The molecule has 1 atom stereocenters. The molecule has 1 rings (SSSR count). The monoisotopic (exact) mass is 386 g/mol. The van der Waals surface area contributed by atoms with Gasteiger partial charge in [0.15, 0.2) is 5.96 Å². The fourth-order valence-corrected chi connectivity index (χ4v) is 3.33. The van der Waals surface area contributed by atoms with Crippen molar-refractivity contribution >= 4 is 16.0 Å². The largest absolute Gasteiger partial charge is 0.497 e. The van der Waals surface area contributed by atoms with Crippen LogP contribution in [0.15, 0.2) is 29.3 Å². The van der Waals surface area contributed by atoms with Gasteiger partial charge in [0.05, 0.1) is 19.9 Å². The maximum absolute atomic E-state index is 11.4. The van der Waals surface area contributed by atoms with Gasteiger partial charge in [-0.15, -0.1) is 0 Å². The summed E-state index contributed by atoms with van der Waals surface area (Å²) in [4.78, 5) is 4.14. The summed E-state index contributed by atoms with van der Waals surface area (Å²) in [5.41, 5.74) is -0.645. The van der Waals surface area contributed by atoms with Crippen molar-refractivity contribution in [3.8, 4) is 11.5 Å². The third-order valence-corrected chi connectivity index (χ3v) is 4.24. The Balaban J connectivity index is 2.48. The van der Waals surface area contributed by atoms with Gasteiger partial charge in [-0.2, -0.15) is 0 Å². The molecule has 0 aromatic heterocycles. The number of sulfonamides is 1. The molecule has 26 heavy (non-hydrogen) atoms. The first kappa shape index (κ1) is 22.0. The van der Waals surface area contributed by atoms with E-state index < -0.39 is 15.6 Å². The second-order valence-corrected chi connectivity index (χ2v) is 8.42. The van der Waals surface area contributed by atoms with Gasteiger partial charge >= 0.3 is 0 Å². The van der Waals surface area contributed by atoms with Gasteiger partial charge in [0.25, 0.3) is 0 Å². The number of hydrogen-bond donors (Lipinski definition) is 3. The summed E-state index contributed by atoms with van der Waals surface area (Å²) in [5.74, 6) is 2.02. The Morgan fingerprint density at radius 1 is 1.27 bits per heavy atom. The van der Waals surface area contributed by atoms with Crippen molar-refractivity contribution in [2.75, 3.05) is 33.5 Å². The summed E-state index contributed by atoms with van der Waals surface area (Å²) in [6.07, 6.45) is 1.03. The number of methoxy groups -OCH3 is 1. The molecule has 1 unspecified atom stereocenters. The molecule has 1 aromatic carbocycles. The molecule has 0 radical (unpaired) electrons. The molecule has 9 heteroatoms. The van der Waals surface area contributed by atoms with E-state index in [9.17, 15) is 8.42 Å². The maximum Gasteiger partial charge on any atom is 0.209 e. The van der Waals surface area contributed by atoms with Crippen molar-refractivity contribution in [1.82, 2.24) is 15.4 Å². The highest BCUT2D eigenvalue weighted by Crippen LogP contribution is 2.19. The average Bonchev–Trinajstić information content (AvgIpc) is 2.53. The smallest absolute Gasteiger partial charge is 0.209 e. The Morgan fingerprint density at radius 2 is 1.92 bits per heavy atom. The second kappa shape index (κ2) is 9.63. The van der Waals surface area contributed by atoms with Crippen LogP contribution in [-0.2, 0) is 10.0 Å². The molecule has 0 fully saturated rings. The van der Waals surface area contributed by atoms with Crippen LogP contribution in [0.1, 0.15) is 20.8 Å². The normalized spacial score (nSPS) is 13.8. The van der Waals surface area contributed by atoms with Crippen LogP contribution in [0, 0.1) is 0 Å². The van der Waals surface area contributed by atoms with Crippen molar-refractivity contribution in [3.05, 3.63) is 24.3 Å². The van der Waals surface area contributed by atoms with Crippen LogP contribution in [0.3, 0.4) is 0 Å². The number of nitrogens with zero attached hydrogens (tertiary/aromatic N) is 1. The molecule has 8 nitrogen and oxygen atoms in total. The van der Waals surface area contributed by atoms with Crippen LogP contribution in [0.4, 0.5) is 0 Å². The number of ether oxygens (including phenoxy) is 2. The maximum atomic E-state index is 11.4. The predicted octanol–water partition coefficient (Wildman–Crippen LogP) is 0.955. The quantitative estimate of drug-likeness (QED) is 0.432. The van der Waals surface area contributed by atoms with Gasteiger partial charge in [-0.3, -0.25) is 4.99 Å². The Bertz CT molecular complexity index is 704. The van der Waals surface area contributed by atoms with E-state index in [0.29, 0.717) is 19.0 Å².